The molecule has 0 aliphatic carbocycles. The van der Waals surface area contributed by atoms with E-state index in [1.807, 2.05) is 17.8 Å². The first-order valence-electron chi connectivity index (χ1n) is 5.45. The van der Waals surface area contributed by atoms with Crippen LogP contribution < -0.4 is 5.69 Å². The maximum Gasteiger partial charge on any atom is 0.328 e. The molecule has 0 saturated heterocycles. The van der Waals surface area contributed by atoms with E-state index in [2.05, 4.69) is 13.8 Å². The molecule has 0 aliphatic heterocycles. The lowest BCUT2D eigenvalue weighted by atomic mass is 10.2. The first-order valence-corrected chi connectivity index (χ1v) is 5.45. The van der Waals surface area contributed by atoms with Crippen LogP contribution in [0.5, 0.6) is 0 Å². The lowest BCUT2D eigenvalue weighted by Gasteiger charge is -1.97. The fraction of sp³-hybridized carbons (Fsp3) is 0.727. The Kier molecular flexibility index (Phi) is 3.98. The highest BCUT2D eigenvalue weighted by Crippen LogP contribution is 2.02. The number of nitrogens with zero attached hydrogens (tertiary/aromatic N) is 2. The van der Waals surface area contributed by atoms with Gasteiger partial charge in [0.1, 0.15) is 0 Å². The summed E-state index contributed by atoms with van der Waals surface area (Å²) in [4.78, 5) is 11.7. The van der Waals surface area contributed by atoms with E-state index in [0.29, 0.717) is 0 Å². The number of hydrogen-bond donors (Lipinski definition) is 0. The predicted molar refractivity (Wildman–Crippen MR) is 58.6 cm³/mol. The fourth-order valence-electron chi connectivity index (χ4n) is 1.63. The van der Waals surface area contributed by atoms with Gasteiger partial charge in [-0.15, -0.1) is 0 Å². The Morgan fingerprint density at radius 1 is 1.29 bits per heavy atom. The number of imidazole rings is 1. The van der Waals surface area contributed by atoms with E-state index in [9.17, 15) is 4.79 Å². The first kappa shape index (κ1) is 11.1. The van der Waals surface area contributed by atoms with E-state index in [1.165, 1.54) is 6.42 Å². The second-order valence-corrected chi connectivity index (χ2v) is 3.76. The molecule has 1 aromatic rings. The SMILES string of the molecule is CCCCc1cn(CCC)c(=O)n1C. The van der Waals surface area contributed by atoms with Crippen molar-refractivity contribution >= 4 is 0 Å². The Bertz CT molecular complexity index is 336. The zero-order valence-electron chi connectivity index (χ0n) is 9.42. The summed E-state index contributed by atoms with van der Waals surface area (Å²) in [5, 5.41) is 0. The van der Waals surface area contributed by atoms with Gasteiger partial charge in [-0.25, -0.2) is 4.79 Å². The predicted octanol–water partition coefficient (Wildman–Crippen LogP) is 1.94. The van der Waals surface area contributed by atoms with Gasteiger partial charge in [-0.05, 0) is 19.3 Å². The summed E-state index contributed by atoms with van der Waals surface area (Å²) in [6.45, 7) is 5.09. The van der Waals surface area contributed by atoms with Gasteiger partial charge in [0.2, 0.25) is 0 Å². The minimum atomic E-state index is 0.123. The second kappa shape index (κ2) is 5.03. The molecule has 3 heteroatoms. The molecule has 1 heterocycles. The molecule has 0 bridgehead atoms. The van der Waals surface area contributed by atoms with Crippen molar-refractivity contribution in [2.45, 2.75) is 46.1 Å². The molecule has 0 fully saturated rings. The molecule has 0 aromatic carbocycles. The van der Waals surface area contributed by atoms with Crippen LogP contribution in [0.25, 0.3) is 0 Å². The van der Waals surface area contributed by atoms with Gasteiger partial charge in [0.05, 0.1) is 0 Å². The molecule has 0 atom stereocenters. The summed E-state index contributed by atoms with van der Waals surface area (Å²) >= 11 is 0. The van der Waals surface area contributed by atoms with Crippen LogP contribution >= 0.6 is 0 Å². The van der Waals surface area contributed by atoms with Crippen LogP contribution in [-0.4, -0.2) is 9.13 Å². The average molecular weight is 196 g/mol. The van der Waals surface area contributed by atoms with Crippen LogP contribution in [0.2, 0.25) is 0 Å². The Morgan fingerprint density at radius 2 is 2.00 bits per heavy atom. The highest BCUT2D eigenvalue weighted by molar-refractivity contribution is 5.00. The molecule has 3 nitrogen and oxygen atoms in total. The van der Waals surface area contributed by atoms with Gasteiger partial charge in [-0.2, -0.15) is 0 Å². The van der Waals surface area contributed by atoms with Gasteiger partial charge in [0, 0.05) is 25.5 Å². The van der Waals surface area contributed by atoms with Gasteiger partial charge in [-0.1, -0.05) is 20.3 Å². The van der Waals surface area contributed by atoms with Gasteiger partial charge >= 0.3 is 5.69 Å². The normalized spacial score (nSPS) is 10.8. The molecule has 1 aromatic heterocycles. The third-order valence-electron chi connectivity index (χ3n) is 2.52. The van der Waals surface area contributed by atoms with E-state index in [4.69, 9.17) is 0 Å². The Balaban J connectivity index is 2.85. The van der Waals surface area contributed by atoms with E-state index in [0.717, 1.165) is 31.5 Å². The highest BCUT2D eigenvalue weighted by Gasteiger charge is 2.05. The lowest BCUT2D eigenvalue weighted by Crippen LogP contribution is -2.22. The molecule has 0 amide bonds. The number of hydrogen-bond acceptors (Lipinski definition) is 1. The molecule has 0 N–H and O–H groups in total. The van der Waals surface area contributed by atoms with Crippen molar-refractivity contribution in [3.8, 4) is 0 Å². The summed E-state index contributed by atoms with van der Waals surface area (Å²) in [5.41, 5.74) is 1.28. The standard InChI is InChI=1S/C11H20N2O/c1-4-6-7-10-9-13(8-5-2)11(14)12(10)3/h9H,4-8H2,1-3H3. The number of rotatable bonds is 5. The van der Waals surface area contributed by atoms with E-state index >= 15 is 0 Å². The molecule has 14 heavy (non-hydrogen) atoms. The molecular weight excluding hydrogens is 176 g/mol. The molecule has 0 unspecified atom stereocenters. The van der Waals surface area contributed by atoms with E-state index in [-0.39, 0.29) is 5.69 Å². The Hall–Kier alpha value is -0.990. The number of unbranched alkanes of at least 4 members (excludes halogenated alkanes) is 1. The van der Waals surface area contributed by atoms with Crippen molar-refractivity contribution in [1.82, 2.24) is 9.13 Å². The van der Waals surface area contributed by atoms with E-state index in [1.54, 1.807) is 4.57 Å². The minimum Gasteiger partial charge on any atom is -0.299 e. The molecule has 0 radical (unpaired) electrons. The van der Waals surface area contributed by atoms with Crippen molar-refractivity contribution in [3.63, 3.8) is 0 Å². The van der Waals surface area contributed by atoms with Gasteiger partial charge in [-0.3, -0.25) is 9.13 Å². The van der Waals surface area contributed by atoms with Gasteiger partial charge in [0.15, 0.2) is 0 Å². The zero-order chi connectivity index (χ0) is 10.6. The van der Waals surface area contributed by atoms with Crippen molar-refractivity contribution in [3.05, 3.63) is 22.4 Å². The van der Waals surface area contributed by atoms with Crippen molar-refractivity contribution in [2.24, 2.45) is 7.05 Å². The topological polar surface area (TPSA) is 26.9 Å². The third kappa shape index (κ3) is 2.28. The monoisotopic (exact) mass is 196 g/mol. The summed E-state index contributed by atoms with van der Waals surface area (Å²) < 4.78 is 3.58. The average Bonchev–Trinajstić information content (AvgIpc) is 2.44. The highest BCUT2D eigenvalue weighted by atomic mass is 16.1. The molecular formula is C11H20N2O. The van der Waals surface area contributed by atoms with Crippen LogP contribution in [0.3, 0.4) is 0 Å². The minimum absolute atomic E-state index is 0.123. The summed E-state index contributed by atoms with van der Waals surface area (Å²) in [6, 6.07) is 0. The summed E-state index contributed by atoms with van der Waals surface area (Å²) in [7, 11) is 1.86. The number of aromatic nitrogens is 2. The maximum absolute atomic E-state index is 11.7. The van der Waals surface area contributed by atoms with Crippen LogP contribution in [0.4, 0.5) is 0 Å². The Labute approximate surface area is 85.4 Å². The quantitative estimate of drug-likeness (QED) is 0.707. The smallest absolute Gasteiger partial charge is 0.299 e. The molecule has 0 saturated carbocycles. The maximum atomic E-state index is 11.7. The largest absolute Gasteiger partial charge is 0.328 e. The number of aryl methyl sites for hydroxylation is 2. The fourth-order valence-corrected chi connectivity index (χ4v) is 1.63. The Morgan fingerprint density at radius 3 is 2.57 bits per heavy atom. The molecule has 0 spiro atoms. The summed E-state index contributed by atoms with van der Waals surface area (Å²) in [5.74, 6) is 0. The molecule has 1 rings (SSSR count). The van der Waals surface area contributed by atoms with Crippen molar-refractivity contribution < 1.29 is 0 Å². The zero-order valence-corrected chi connectivity index (χ0v) is 9.42. The van der Waals surface area contributed by atoms with Crippen LogP contribution in [-0.2, 0) is 20.0 Å². The second-order valence-electron chi connectivity index (χ2n) is 3.76. The van der Waals surface area contributed by atoms with Gasteiger partial charge < -0.3 is 0 Å². The summed E-state index contributed by atoms with van der Waals surface area (Å²) in [6.07, 6.45) is 6.36. The van der Waals surface area contributed by atoms with Crippen molar-refractivity contribution in [1.29, 1.82) is 0 Å². The first-order chi connectivity index (χ1) is 6.70. The van der Waals surface area contributed by atoms with Crippen LogP contribution in [0, 0.1) is 0 Å². The van der Waals surface area contributed by atoms with E-state index < -0.39 is 0 Å². The van der Waals surface area contributed by atoms with Gasteiger partial charge in [0.25, 0.3) is 0 Å². The van der Waals surface area contributed by atoms with Crippen LogP contribution in [0.15, 0.2) is 11.0 Å². The van der Waals surface area contributed by atoms with Crippen LogP contribution in [0.1, 0.15) is 38.8 Å². The lowest BCUT2D eigenvalue weighted by molar-refractivity contribution is 0.635. The third-order valence-corrected chi connectivity index (χ3v) is 2.52. The molecule has 80 valence electrons. The molecule has 0 aliphatic rings. The van der Waals surface area contributed by atoms with Crippen molar-refractivity contribution in [2.75, 3.05) is 0 Å².